The Hall–Kier alpha value is -3.01. The second-order valence-corrected chi connectivity index (χ2v) is 11.3. The van der Waals surface area contributed by atoms with Crippen LogP contribution < -0.4 is 17.0 Å². The molecule has 1 saturated heterocycles. The van der Waals surface area contributed by atoms with Gasteiger partial charge in [0.1, 0.15) is 18.3 Å². The monoisotopic (exact) mass is 586 g/mol. The van der Waals surface area contributed by atoms with Crippen molar-refractivity contribution in [1.29, 1.82) is 0 Å². The molecule has 1 aliphatic rings. The van der Waals surface area contributed by atoms with Crippen LogP contribution in [0, 0.1) is 0 Å². The fourth-order valence-electron chi connectivity index (χ4n) is 3.87. The molecule has 18 heteroatoms. The Kier molecular flexibility index (Phi) is 8.35. The Morgan fingerprint density at radius 2 is 1.69 bits per heavy atom. The molecule has 0 radical (unpaired) electrons. The van der Waals surface area contributed by atoms with Gasteiger partial charge in [-0.15, -0.1) is 0 Å². The average Bonchev–Trinajstić information content (AvgIpc) is 3.13. The molecule has 0 aliphatic carbocycles. The molecule has 0 amide bonds. The summed E-state index contributed by atoms with van der Waals surface area (Å²) in [7, 11) is -10.6. The molecule has 3 heterocycles. The van der Waals surface area contributed by atoms with Crippen molar-refractivity contribution in [3.8, 4) is 11.1 Å². The second kappa shape index (κ2) is 11.2. The minimum atomic E-state index is -5.38. The van der Waals surface area contributed by atoms with Crippen molar-refractivity contribution in [2.75, 3.05) is 12.3 Å². The predicted molar refractivity (Wildman–Crippen MR) is 133 cm³/mol. The number of nitrogen functional groups attached to an aromatic ring is 1. The van der Waals surface area contributed by atoms with E-state index < -0.39 is 58.0 Å². The molecule has 0 spiro atoms. The number of pyridine rings is 1. The van der Waals surface area contributed by atoms with Crippen LogP contribution in [-0.2, 0) is 29.2 Å². The molecule has 0 saturated carbocycles. The smallest absolute Gasteiger partial charge is 0.399 e. The van der Waals surface area contributed by atoms with E-state index in [0.717, 1.165) is 32.5 Å². The molecule has 7 N–H and O–H groups in total. The highest BCUT2D eigenvalue weighted by molar-refractivity contribution is 7.60. The average molecular weight is 586 g/mol. The third-order valence-electron chi connectivity index (χ3n) is 5.70. The molecule has 1 unspecified atom stereocenters. The number of aliphatic hydroxyl groups excluding tert-OH is 2. The van der Waals surface area contributed by atoms with Gasteiger partial charge in [0.2, 0.25) is 0 Å². The maximum Gasteiger partial charge on any atom is 0.481 e. The lowest BCUT2D eigenvalue weighted by Crippen LogP contribution is -2.43. The Morgan fingerprint density at radius 1 is 1.00 bits per heavy atom. The fraction of sp³-hybridized carbons (Fsp3) is 0.286. The normalized spacial score (nSPS) is 23.0. The quantitative estimate of drug-likeness (QED) is 0.137. The molecule has 5 atom stereocenters. The number of benzene rings is 1. The van der Waals surface area contributed by atoms with E-state index in [-0.39, 0.29) is 6.54 Å². The van der Waals surface area contributed by atoms with Crippen molar-refractivity contribution in [2.24, 2.45) is 0 Å². The summed E-state index contributed by atoms with van der Waals surface area (Å²) in [6, 6.07) is 11.5. The van der Waals surface area contributed by atoms with E-state index in [4.69, 9.17) is 20.3 Å². The van der Waals surface area contributed by atoms with E-state index in [0.29, 0.717) is 11.4 Å². The summed E-state index contributed by atoms with van der Waals surface area (Å²) in [6.45, 7) is -1.19. The molecule has 0 bridgehead atoms. The Balaban J connectivity index is 1.55. The molecule has 39 heavy (non-hydrogen) atoms. The minimum absolute atomic E-state index is 0.243. The lowest BCUT2D eigenvalue weighted by Gasteiger charge is -2.19. The summed E-state index contributed by atoms with van der Waals surface area (Å²) in [5.41, 5.74) is 6.66. The van der Waals surface area contributed by atoms with E-state index in [2.05, 4.69) is 13.8 Å². The topological polar surface area (TPSA) is 246 Å². The Labute approximate surface area is 219 Å². The molecular formula is C21H24N4O12P2. The van der Waals surface area contributed by atoms with Crippen LogP contribution in [0.15, 0.2) is 64.4 Å². The first-order valence-electron chi connectivity index (χ1n) is 11.1. The molecule has 4 rings (SSSR count). The van der Waals surface area contributed by atoms with Crippen LogP contribution in [0.2, 0.25) is 0 Å². The predicted octanol–water partition coefficient (Wildman–Crippen LogP) is -0.452. The molecule has 210 valence electrons. The number of nitrogens with zero attached hydrogens (tertiary/aromatic N) is 3. The number of hydrogen-bond donors (Lipinski definition) is 6. The number of ether oxygens (including phenoxy) is 1. The van der Waals surface area contributed by atoms with Crippen molar-refractivity contribution >= 4 is 21.3 Å². The van der Waals surface area contributed by atoms with Gasteiger partial charge in [-0.25, -0.2) is 13.9 Å². The van der Waals surface area contributed by atoms with Gasteiger partial charge in [0.25, 0.3) is 5.56 Å². The standard InChI is InChI=1S/C21H24N4O12P2/c22-14-3-1-12(2-4-14)13-5-7-23-15(9-13)10-25-17(26)6-8-24(21(25)29)20-19(28)18(27)16(36-20)11-35-39(33,34)37-38(30,31)32/h1-9,16,18-20,27-28H,10-11,22H2,(H,33,34)(H2,30,31,32)/t16-,18+,19+,20-/m1/s1. The molecule has 1 fully saturated rings. The van der Waals surface area contributed by atoms with Crippen LogP contribution in [-0.4, -0.2) is 63.9 Å². The summed E-state index contributed by atoms with van der Waals surface area (Å²) in [5.74, 6) is 0. The minimum Gasteiger partial charge on any atom is -0.399 e. The number of aromatic nitrogens is 3. The van der Waals surface area contributed by atoms with Crippen molar-refractivity contribution in [3.63, 3.8) is 0 Å². The first kappa shape index (κ1) is 29.0. The number of rotatable bonds is 9. The second-order valence-electron chi connectivity index (χ2n) is 8.47. The SMILES string of the molecule is Nc1ccc(-c2ccnc(Cn3c(=O)ccn([C@@H]4O[C@H](COP(=O)(O)OP(=O)(O)O)[C@H](O)[C@@H]4O)c3=O)c2)cc1. The van der Waals surface area contributed by atoms with E-state index in [1.165, 1.54) is 6.20 Å². The first-order chi connectivity index (χ1) is 18.2. The number of hydrogen-bond acceptors (Lipinski definition) is 11. The number of nitrogens with two attached hydrogens (primary N) is 1. The molecule has 16 nitrogen and oxygen atoms in total. The van der Waals surface area contributed by atoms with Crippen molar-refractivity contribution in [3.05, 3.63) is 81.4 Å². The lowest BCUT2D eigenvalue weighted by atomic mass is 10.1. The van der Waals surface area contributed by atoms with Gasteiger partial charge in [-0.1, -0.05) is 12.1 Å². The molecule has 1 aromatic carbocycles. The van der Waals surface area contributed by atoms with Crippen molar-refractivity contribution in [2.45, 2.75) is 31.1 Å². The maximum atomic E-state index is 13.2. The van der Waals surface area contributed by atoms with Gasteiger partial charge in [-0.2, -0.15) is 4.31 Å². The zero-order valence-corrected chi connectivity index (χ0v) is 21.6. The van der Waals surface area contributed by atoms with Gasteiger partial charge in [-0.05, 0) is 35.4 Å². The third kappa shape index (κ3) is 6.96. The Bertz CT molecular complexity index is 1550. The van der Waals surface area contributed by atoms with Crippen molar-refractivity contribution in [1.82, 2.24) is 14.1 Å². The summed E-state index contributed by atoms with van der Waals surface area (Å²) < 4.78 is 37.7. The lowest BCUT2D eigenvalue weighted by molar-refractivity contribution is -0.0547. The van der Waals surface area contributed by atoms with Crippen LogP contribution >= 0.6 is 15.6 Å². The maximum absolute atomic E-state index is 13.2. The van der Waals surface area contributed by atoms with E-state index in [1.54, 1.807) is 36.4 Å². The largest absolute Gasteiger partial charge is 0.481 e. The van der Waals surface area contributed by atoms with Crippen LogP contribution in [0.3, 0.4) is 0 Å². The van der Waals surface area contributed by atoms with Crippen LogP contribution in [0.5, 0.6) is 0 Å². The highest BCUT2D eigenvalue weighted by Gasteiger charge is 2.46. The number of phosphoric acid groups is 2. The van der Waals surface area contributed by atoms with Gasteiger partial charge in [0, 0.05) is 24.1 Å². The summed E-state index contributed by atoms with van der Waals surface area (Å²) >= 11 is 0. The highest BCUT2D eigenvalue weighted by Crippen LogP contribution is 2.57. The van der Waals surface area contributed by atoms with Gasteiger partial charge in [-0.3, -0.25) is 23.4 Å². The Morgan fingerprint density at radius 3 is 2.36 bits per heavy atom. The fourth-order valence-corrected chi connectivity index (χ4v) is 5.47. The number of phosphoric ester groups is 1. The first-order valence-corrected chi connectivity index (χ1v) is 14.2. The molecule has 3 aromatic rings. The summed E-state index contributed by atoms with van der Waals surface area (Å²) in [5, 5.41) is 20.8. The van der Waals surface area contributed by atoms with Gasteiger partial charge < -0.3 is 35.4 Å². The van der Waals surface area contributed by atoms with E-state index >= 15 is 0 Å². The molecular weight excluding hydrogens is 562 g/mol. The zero-order valence-electron chi connectivity index (χ0n) is 19.8. The van der Waals surface area contributed by atoms with Crippen LogP contribution in [0.4, 0.5) is 5.69 Å². The van der Waals surface area contributed by atoms with Crippen LogP contribution in [0.25, 0.3) is 11.1 Å². The molecule has 1 aliphatic heterocycles. The number of aliphatic hydroxyl groups is 2. The van der Waals surface area contributed by atoms with E-state index in [9.17, 15) is 33.8 Å². The zero-order chi connectivity index (χ0) is 28.5. The van der Waals surface area contributed by atoms with Gasteiger partial charge in [0.15, 0.2) is 6.23 Å². The van der Waals surface area contributed by atoms with Gasteiger partial charge in [0.05, 0.1) is 18.8 Å². The highest BCUT2D eigenvalue weighted by atomic mass is 31.3. The van der Waals surface area contributed by atoms with E-state index in [1.807, 2.05) is 0 Å². The summed E-state index contributed by atoms with van der Waals surface area (Å²) in [4.78, 5) is 56.7. The number of anilines is 1. The van der Waals surface area contributed by atoms with Crippen molar-refractivity contribution < 1.29 is 47.6 Å². The summed E-state index contributed by atoms with van der Waals surface area (Å²) in [6.07, 6.45) is -4.03. The molecule has 2 aromatic heterocycles. The van der Waals surface area contributed by atoms with Crippen LogP contribution in [0.1, 0.15) is 11.9 Å². The third-order valence-corrected chi connectivity index (χ3v) is 7.85. The van der Waals surface area contributed by atoms with Gasteiger partial charge >= 0.3 is 21.3 Å².